The normalized spacial score (nSPS) is 16.7. The maximum Gasteiger partial charge on any atom is 0.338 e. The fourth-order valence-corrected chi connectivity index (χ4v) is 3.43. The quantitative estimate of drug-likeness (QED) is 0.534. The molecule has 8 heteroatoms. The molecule has 0 radical (unpaired) electrons. The average molecular weight is 468 g/mol. The Morgan fingerprint density at radius 3 is 2.62 bits per heavy atom. The zero-order valence-corrected chi connectivity index (χ0v) is 16.6. The van der Waals surface area contributed by atoms with Crippen molar-refractivity contribution in [1.82, 2.24) is 0 Å². The van der Waals surface area contributed by atoms with Gasteiger partial charge in [-0.15, -0.1) is 0 Å². The molecule has 0 aliphatic carbocycles. The van der Waals surface area contributed by atoms with E-state index in [-0.39, 0.29) is 29.4 Å². The molecule has 136 valence electrons. The van der Waals surface area contributed by atoms with Crippen LogP contribution < -0.4 is 5.73 Å². The summed E-state index contributed by atoms with van der Waals surface area (Å²) in [6.07, 6.45) is 0. The van der Waals surface area contributed by atoms with Crippen molar-refractivity contribution in [2.24, 2.45) is 5.73 Å². The maximum atomic E-state index is 12.5. The molecule has 2 N–H and O–H groups in total. The minimum Gasteiger partial charge on any atom is -0.465 e. The molecular weight excluding hydrogens is 451 g/mol. The van der Waals surface area contributed by atoms with Gasteiger partial charge >= 0.3 is 11.9 Å². The second-order valence-corrected chi connectivity index (χ2v) is 6.51. The lowest BCUT2D eigenvalue weighted by molar-refractivity contribution is -0.139. The van der Waals surface area contributed by atoms with Crippen LogP contribution in [0.2, 0.25) is 0 Å². The number of nitrogens with zero attached hydrogens (tertiary/aromatic N) is 1. The lowest BCUT2D eigenvalue weighted by Gasteiger charge is -2.27. The Kier molecular flexibility index (Phi) is 6.26. The molecule has 0 saturated heterocycles. The number of carbonyl (C=O) groups excluding carboxylic acids is 2. The van der Waals surface area contributed by atoms with Crippen molar-refractivity contribution in [3.8, 4) is 6.07 Å². The highest BCUT2D eigenvalue weighted by Crippen LogP contribution is 2.40. The fourth-order valence-electron chi connectivity index (χ4n) is 2.67. The molecule has 0 aromatic heterocycles. The Hall–Kier alpha value is -2.54. The molecule has 7 nitrogen and oxygen atoms in total. The number of nitriles is 1. The van der Waals surface area contributed by atoms with Crippen LogP contribution in [0.1, 0.15) is 35.7 Å². The van der Waals surface area contributed by atoms with Crippen LogP contribution in [0.15, 0.2) is 41.0 Å². The van der Waals surface area contributed by atoms with Crippen LogP contribution in [0.3, 0.4) is 0 Å². The number of esters is 2. The highest BCUT2D eigenvalue weighted by atomic mass is 127. The van der Waals surface area contributed by atoms with E-state index in [0.717, 1.165) is 0 Å². The second kappa shape index (κ2) is 8.23. The summed E-state index contributed by atoms with van der Waals surface area (Å²) < 4.78 is 15.8. The molecule has 0 bridgehead atoms. The Balaban J connectivity index is 2.62. The molecule has 1 aliphatic rings. The lowest BCUT2D eigenvalue weighted by Crippen LogP contribution is -2.25. The summed E-state index contributed by atoms with van der Waals surface area (Å²) >= 11 is 2.00. The lowest BCUT2D eigenvalue weighted by atomic mass is 9.83. The number of nitrogens with two attached hydrogens (primary N) is 1. The first-order valence-corrected chi connectivity index (χ1v) is 8.76. The van der Waals surface area contributed by atoms with Crippen LogP contribution in [0.5, 0.6) is 0 Å². The number of rotatable bonds is 4. The maximum absolute atomic E-state index is 12.5. The van der Waals surface area contributed by atoms with E-state index < -0.39 is 17.9 Å². The molecular formula is C18H17IN2O5. The highest BCUT2D eigenvalue weighted by molar-refractivity contribution is 14.1. The van der Waals surface area contributed by atoms with Crippen LogP contribution >= 0.6 is 22.6 Å². The van der Waals surface area contributed by atoms with Gasteiger partial charge in [0.05, 0.1) is 30.8 Å². The number of ether oxygens (including phenoxy) is 3. The topological polar surface area (TPSA) is 112 Å². The van der Waals surface area contributed by atoms with E-state index in [1.54, 1.807) is 32.0 Å². The first-order valence-electron chi connectivity index (χ1n) is 7.68. The molecule has 26 heavy (non-hydrogen) atoms. The second-order valence-electron chi connectivity index (χ2n) is 5.35. The number of carbonyl (C=O) groups is 2. The Morgan fingerprint density at radius 1 is 1.38 bits per heavy atom. The third-order valence-corrected chi connectivity index (χ3v) is 4.73. The van der Waals surface area contributed by atoms with Gasteiger partial charge in [0.25, 0.3) is 0 Å². The van der Waals surface area contributed by atoms with Gasteiger partial charge in [-0.3, -0.25) is 0 Å². The van der Waals surface area contributed by atoms with Crippen molar-refractivity contribution in [3.05, 3.63) is 55.7 Å². The zero-order valence-electron chi connectivity index (χ0n) is 14.5. The van der Waals surface area contributed by atoms with E-state index in [0.29, 0.717) is 14.7 Å². The van der Waals surface area contributed by atoms with Crippen LogP contribution in [0.4, 0.5) is 0 Å². The summed E-state index contributed by atoms with van der Waals surface area (Å²) in [5.74, 6) is -1.58. The van der Waals surface area contributed by atoms with Crippen molar-refractivity contribution in [2.75, 3.05) is 13.7 Å². The molecule has 1 heterocycles. The number of allylic oxidation sites excluding steroid dienone is 2. The van der Waals surface area contributed by atoms with Gasteiger partial charge in [-0.25, -0.2) is 9.59 Å². The molecule has 1 aromatic carbocycles. The summed E-state index contributed by atoms with van der Waals surface area (Å²) in [4.78, 5) is 24.2. The standard InChI is InChI=1S/C18H17IN2O5/c1-4-25-18(23)14-9(2)26-16(21)12(8-20)15(14)10-5-6-11(13(19)7-10)17(22)24-3/h5-7,15H,4,21H2,1-3H3. The minimum absolute atomic E-state index is 0.0601. The predicted octanol–water partition coefficient (Wildman–Crippen LogP) is 2.72. The monoisotopic (exact) mass is 468 g/mol. The van der Waals surface area contributed by atoms with Crippen molar-refractivity contribution in [2.45, 2.75) is 19.8 Å². The first kappa shape index (κ1) is 19.8. The van der Waals surface area contributed by atoms with Gasteiger partial charge in [-0.2, -0.15) is 5.26 Å². The van der Waals surface area contributed by atoms with E-state index in [4.69, 9.17) is 19.9 Å². The number of benzene rings is 1. The van der Waals surface area contributed by atoms with Gasteiger partial charge in [0, 0.05) is 3.57 Å². The van der Waals surface area contributed by atoms with Gasteiger partial charge in [-0.05, 0) is 54.1 Å². The van der Waals surface area contributed by atoms with E-state index in [9.17, 15) is 14.9 Å². The molecule has 1 aromatic rings. The molecule has 0 saturated carbocycles. The smallest absolute Gasteiger partial charge is 0.338 e. The summed E-state index contributed by atoms with van der Waals surface area (Å²) in [6, 6.07) is 6.96. The van der Waals surface area contributed by atoms with E-state index in [1.165, 1.54) is 7.11 Å². The zero-order chi connectivity index (χ0) is 19.4. The minimum atomic E-state index is -0.743. The van der Waals surface area contributed by atoms with Crippen molar-refractivity contribution in [1.29, 1.82) is 5.26 Å². The van der Waals surface area contributed by atoms with Gasteiger partial charge in [-0.1, -0.05) is 6.07 Å². The number of halogens is 1. The summed E-state index contributed by atoms with van der Waals surface area (Å²) in [6.45, 7) is 3.46. The highest BCUT2D eigenvalue weighted by Gasteiger charge is 2.36. The summed E-state index contributed by atoms with van der Waals surface area (Å²) in [5, 5.41) is 9.54. The summed E-state index contributed by atoms with van der Waals surface area (Å²) in [5.41, 5.74) is 7.18. The van der Waals surface area contributed by atoms with Gasteiger partial charge in [0.1, 0.15) is 17.4 Å². The van der Waals surface area contributed by atoms with Crippen LogP contribution in [0, 0.1) is 14.9 Å². The number of hydrogen-bond donors (Lipinski definition) is 1. The van der Waals surface area contributed by atoms with Crippen LogP contribution in [-0.4, -0.2) is 25.7 Å². The molecule has 0 spiro atoms. The van der Waals surface area contributed by atoms with Crippen molar-refractivity contribution >= 4 is 34.5 Å². The van der Waals surface area contributed by atoms with E-state index >= 15 is 0 Å². The fraction of sp³-hybridized carbons (Fsp3) is 0.278. The third kappa shape index (κ3) is 3.67. The van der Waals surface area contributed by atoms with E-state index in [1.807, 2.05) is 28.7 Å². The molecule has 2 rings (SSSR count). The Morgan fingerprint density at radius 2 is 2.08 bits per heavy atom. The van der Waals surface area contributed by atoms with Crippen molar-refractivity contribution in [3.63, 3.8) is 0 Å². The van der Waals surface area contributed by atoms with Gasteiger partial charge in [0.15, 0.2) is 0 Å². The number of methoxy groups -OCH3 is 1. The van der Waals surface area contributed by atoms with Crippen molar-refractivity contribution < 1.29 is 23.8 Å². The number of hydrogen-bond acceptors (Lipinski definition) is 7. The molecule has 1 unspecified atom stereocenters. The Bertz CT molecular complexity index is 867. The predicted molar refractivity (Wildman–Crippen MR) is 100 cm³/mol. The van der Waals surface area contributed by atoms with E-state index in [2.05, 4.69) is 0 Å². The first-order chi connectivity index (χ1) is 12.3. The van der Waals surface area contributed by atoms with Gasteiger partial charge in [0.2, 0.25) is 5.88 Å². The molecule has 0 amide bonds. The van der Waals surface area contributed by atoms with Crippen LogP contribution in [0.25, 0.3) is 0 Å². The average Bonchev–Trinajstić information content (AvgIpc) is 2.60. The molecule has 0 fully saturated rings. The van der Waals surface area contributed by atoms with Crippen LogP contribution in [-0.2, 0) is 19.0 Å². The molecule has 1 atom stereocenters. The summed E-state index contributed by atoms with van der Waals surface area (Å²) in [7, 11) is 1.30. The molecule has 1 aliphatic heterocycles. The Labute approximate surface area is 164 Å². The SMILES string of the molecule is CCOC(=O)C1=C(C)OC(N)=C(C#N)C1c1ccc(C(=O)OC)c(I)c1. The third-order valence-electron chi connectivity index (χ3n) is 3.83. The largest absolute Gasteiger partial charge is 0.465 e. The van der Waals surface area contributed by atoms with Gasteiger partial charge < -0.3 is 19.9 Å².